The predicted octanol–water partition coefficient (Wildman–Crippen LogP) is 2.63. The van der Waals surface area contributed by atoms with Gasteiger partial charge in [0.2, 0.25) is 0 Å². The lowest BCUT2D eigenvalue weighted by Gasteiger charge is -2.31. The fraction of sp³-hybridized carbons (Fsp3) is 0.562. The zero-order valence-electron chi connectivity index (χ0n) is 11.9. The van der Waals surface area contributed by atoms with Crippen molar-refractivity contribution in [2.24, 2.45) is 0 Å². The molecule has 0 radical (unpaired) electrons. The molecule has 1 aromatic carbocycles. The third-order valence-electron chi connectivity index (χ3n) is 4.33. The molecular formula is C16H23NO. The quantitative estimate of drug-likeness (QED) is 0.812. The van der Waals surface area contributed by atoms with Crippen LogP contribution in [0.25, 0.3) is 0 Å². The molecule has 0 aliphatic heterocycles. The van der Waals surface area contributed by atoms with E-state index in [1.807, 2.05) is 32.8 Å². The third-order valence-corrected chi connectivity index (χ3v) is 4.33. The Morgan fingerprint density at radius 3 is 2.56 bits per heavy atom. The number of likely N-dealkylation sites (N-methyl/N-ethyl adjacent to an activating group) is 1. The van der Waals surface area contributed by atoms with Crippen molar-refractivity contribution < 1.29 is 4.79 Å². The van der Waals surface area contributed by atoms with Crippen LogP contribution in [0.15, 0.2) is 18.2 Å². The lowest BCUT2D eigenvalue weighted by Crippen LogP contribution is -2.46. The molecule has 0 amide bonds. The van der Waals surface area contributed by atoms with Gasteiger partial charge in [0, 0.05) is 6.42 Å². The van der Waals surface area contributed by atoms with Crippen LogP contribution in [0.5, 0.6) is 0 Å². The molecule has 0 atom stereocenters. The standard InChI is InChI=1S/C16H23NO/c1-16(2,17(3)4)15(18)11-12-8-9-13-6-5-7-14(13)10-12/h8-10H,5-7,11H2,1-4H3. The van der Waals surface area contributed by atoms with Crippen LogP contribution in [0.1, 0.15) is 37.0 Å². The highest BCUT2D eigenvalue weighted by Crippen LogP contribution is 2.24. The summed E-state index contributed by atoms with van der Waals surface area (Å²) in [5.41, 5.74) is 3.69. The van der Waals surface area contributed by atoms with Gasteiger partial charge in [-0.1, -0.05) is 18.2 Å². The molecule has 0 aromatic heterocycles. The fourth-order valence-corrected chi connectivity index (χ4v) is 2.39. The normalized spacial score (nSPS) is 14.9. The van der Waals surface area contributed by atoms with Crippen molar-refractivity contribution in [1.82, 2.24) is 4.90 Å². The van der Waals surface area contributed by atoms with Crippen LogP contribution in [-0.2, 0) is 24.1 Å². The first kappa shape index (κ1) is 13.3. The number of hydrogen-bond donors (Lipinski definition) is 0. The molecule has 2 rings (SSSR count). The molecule has 0 unspecified atom stereocenters. The molecule has 1 aliphatic rings. The SMILES string of the molecule is CN(C)C(C)(C)C(=O)Cc1ccc2c(c1)CCC2. The third kappa shape index (κ3) is 2.49. The molecule has 0 fully saturated rings. The van der Waals surface area contributed by atoms with Crippen LogP contribution in [-0.4, -0.2) is 30.3 Å². The summed E-state index contributed by atoms with van der Waals surface area (Å²) in [5, 5.41) is 0. The minimum Gasteiger partial charge on any atom is -0.298 e. The van der Waals surface area contributed by atoms with Crippen molar-refractivity contribution >= 4 is 5.78 Å². The Kier molecular flexibility index (Phi) is 3.58. The van der Waals surface area contributed by atoms with Gasteiger partial charge in [0.05, 0.1) is 5.54 Å². The number of carbonyl (C=O) groups excluding carboxylic acids is 1. The number of Topliss-reactive ketones (excluding diaryl/α,β-unsaturated/α-hetero) is 1. The van der Waals surface area contributed by atoms with Gasteiger partial charge in [0.25, 0.3) is 0 Å². The van der Waals surface area contributed by atoms with Crippen LogP contribution in [0.2, 0.25) is 0 Å². The molecule has 2 heteroatoms. The fourth-order valence-electron chi connectivity index (χ4n) is 2.39. The Morgan fingerprint density at radius 1 is 1.22 bits per heavy atom. The topological polar surface area (TPSA) is 20.3 Å². The molecule has 1 aliphatic carbocycles. The highest BCUT2D eigenvalue weighted by molar-refractivity contribution is 5.89. The largest absolute Gasteiger partial charge is 0.298 e. The highest BCUT2D eigenvalue weighted by atomic mass is 16.1. The van der Waals surface area contributed by atoms with E-state index in [0.717, 1.165) is 5.56 Å². The number of nitrogens with zero attached hydrogens (tertiary/aromatic N) is 1. The van der Waals surface area contributed by atoms with Gasteiger partial charge < -0.3 is 0 Å². The molecule has 0 heterocycles. The second kappa shape index (κ2) is 4.85. The van der Waals surface area contributed by atoms with E-state index in [-0.39, 0.29) is 11.3 Å². The van der Waals surface area contributed by atoms with Gasteiger partial charge in [-0.3, -0.25) is 9.69 Å². The minimum absolute atomic E-state index is 0.283. The van der Waals surface area contributed by atoms with E-state index in [0.29, 0.717) is 6.42 Å². The first-order valence-electron chi connectivity index (χ1n) is 6.72. The van der Waals surface area contributed by atoms with Crippen LogP contribution in [0.3, 0.4) is 0 Å². The summed E-state index contributed by atoms with van der Waals surface area (Å²) < 4.78 is 0. The van der Waals surface area contributed by atoms with Gasteiger partial charge in [-0.05, 0) is 63.9 Å². The summed E-state index contributed by atoms with van der Waals surface area (Å²) in [6, 6.07) is 6.55. The Balaban J connectivity index is 2.13. The van der Waals surface area contributed by atoms with E-state index in [1.54, 1.807) is 0 Å². The Labute approximate surface area is 110 Å². The lowest BCUT2D eigenvalue weighted by molar-refractivity contribution is -0.127. The van der Waals surface area contributed by atoms with Crippen LogP contribution in [0, 0.1) is 0 Å². The molecule has 0 saturated heterocycles. The number of aryl methyl sites for hydroxylation is 2. The molecule has 18 heavy (non-hydrogen) atoms. The summed E-state index contributed by atoms with van der Waals surface area (Å²) in [6.07, 6.45) is 4.18. The van der Waals surface area contributed by atoms with Crippen molar-refractivity contribution in [3.05, 3.63) is 34.9 Å². The number of rotatable bonds is 4. The second-order valence-electron chi connectivity index (χ2n) is 6.01. The maximum atomic E-state index is 12.3. The highest BCUT2D eigenvalue weighted by Gasteiger charge is 2.29. The predicted molar refractivity (Wildman–Crippen MR) is 74.9 cm³/mol. The molecule has 0 spiro atoms. The van der Waals surface area contributed by atoms with Crippen molar-refractivity contribution in [3.8, 4) is 0 Å². The van der Waals surface area contributed by atoms with Gasteiger partial charge in [-0.2, -0.15) is 0 Å². The Bertz CT molecular complexity index is 460. The summed E-state index contributed by atoms with van der Waals surface area (Å²) in [6.45, 7) is 3.98. The van der Waals surface area contributed by atoms with Gasteiger partial charge in [-0.25, -0.2) is 0 Å². The number of fused-ring (bicyclic) bond motifs is 1. The van der Waals surface area contributed by atoms with E-state index in [4.69, 9.17) is 0 Å². The van der Waals surface area contributed by atoms with E-state index >= 15 is 0 Å². The average molecular weight is 245 g/mol. The van der Waals surface area contributed by atoms with Crippen molar-refractivity contribution in [1.29, 1.82) is 0 Å². The lowest BCUT2D eigenvalue weighted by atomic mass is 9.91. The number of carbonyl (C=O) groups is 1. The van der Waals surface area contributed by atoms with E-state index in [1.165, 1.54) is 30.4 Å². The zero-order valence-corrected chi connectivity index (χ0v) is 11.9. The molecule has 0 bridgehead atoms. The first-order chi connectivity index (χ1) is 8.41. The average Bonchev–Trinajstić information content (AvgIpc) is 2.75. The second-order valence-corrected chi connectivity index (χ2v) is 6.01. The van der Waals surface area contributed by atoms with Crippen molar-refractivity contribution in [2.75, 3.05) is 14.1 Å². The maximum Gasteiger partial charge on any atom is 0.156 e. The van der Waals surface area contributed by atoms with Crippen LogP contribution >= 0.6 is 0 Å². The van der Waals surface area contributed by atoms with Crippen molar-refractivity contribution in [3.63, 3.8) is 0 Å². The molecular weight excluding hydrogens is 222 g/mol. The van der Waals surface area contributed by atoms with E-state index in [9.17, 15) is 4.79 Å². The van der Waals surface area contributed by atoms with Gasteiger partial charge >= 0.3 is 0 Å². The summed E-state index contributed by atoms with van der Waals surface area (Å²) in [4.78, 5) is 14.3. The van der Waals surface area contributed by atoms with Gasteiger partial charge in [-0.15, -0.1) is 0 Å². The molecule has 1 aromatic rings. The number of hydrogen-bond acceptors (Lipinski definition) is 2. The monoisotopic (exact) mass is 245 g/mol. The summed E-state index contributed by atoms with van der Waals surface area (Å²) in [5.74, 6) is 0.283. The maximum absolute atomic E-state index is 12.3. The smallest absolute Gasteiger partial charge is 0.156 e. The minimum atomic E-state index is -0.390. The van der Waals surface area contributed by atoms with E-state index < -0.39 is 0 Å². The Morgan fingerprint density at radius 2 is 1.89 bits per heavy atom. The Hall–Kier alpha value is -1.15. The van der Waals surface area contributed by atoms with Crippen LogP contribution < -0.4 is 0 Å². The van der Waals surface area contributed by atoms with Gasteiger partial charge in [0.1, 0.15) is 0 Å². The first-order valence-corrected chi connectivity index (χ1v) is 6.72. The number of benzene rings is 1. The molecule has 0 saturated carbocycles. The van der Waals surface area contributed by atoms with Gasteiger partial charge in [0.15, 0.2) is 5.78 Å². The van der Waals surface area contributed by atoms with Crippen LogP contribution in [0.4, 0.5) is 0 Å². The number of ketones is 1. The zero-order chi connectivity index (χ0) is 13.3. The molecule has 98 valence electrons. The molecule has 0 N–H and O–H groups in total. The summed E-state index contributed by atoms with van der Waals surface area (Å²) in [7, 11) is 3.92. The molecule has 2 nitrogen and oxygen atoms in total. The summed E-state index contributed by atoms with van der Waals surface area (Å²) >= 11 is 0. The van der Waals surface area contributed by atoms with E-state index in [2.05, 4.69) is 18.2 Å². The van der Waals surface area contributed by atoms with Crippen molar-refractivity contribution in [2.45, 2.75) is 45.1 Å².